The number of hydrogen-bond donors (Lipinski definition) is 1. The molecule has 1 atom stereocenters. The van der Waals surface area contributed by atoms with Gasteiger partial charge in [-0.2, -0.15) is 0 Å². The van der Waals surface area contributed by atoms with Crippen molar-refractivity contribution in [3.63, 3.8) is 0 Å². The highest BCUT2D eigenvalue weighted by Gasteiger charge is 2.22. The van der Waals surface area contributed by atoms with Crippen molar-refractivity contribution in [2.75, 3.05) is 26.4 Å². The normalized spacial score (nSPS) is 22.5. The third kappa shape index (κ3) is 2.83. The Morgan fingerprint density at radius 1 is 1.50 bits per heavy atom. The van der Waals surface area contributed by atoms with Gasteiger partial charge in [0.2, 0.25) is 0 Å². The van der Waals surface area contributed by atoms with Gasteiger partial charge in [-0.15, -0.1) is 11.3 Å². The number of rotatable bonds is 4. The number of aliphatic hydroxyl groups is 1. The Kier molecular flexibility index (Phi) is 4.35. The topological polar surface area (TPSA) is 32.7 Å². The van der Waals surface area contributed by atoms with Crippen LogP contribution in [0.3, 0.4) is 0 Å². The van der Waals surface area contributed by atoms with Gasteiger partial charge < -0.3 is 9.84 Å². The van der Waals surface area contributed by atoms with E-state index in [-0.39, 0.29) is 12.6 Å². The molecule has 1 aromatic heterocycles. The van der Waals surface area contributed by atoms with Gasteiger partial charge in [-0.1, -0.05) is 6.92 Å². The second-order valence-electron chi connectivity index (χ2n) is 4.10. The van der Waals surface area contributed by atoms with E-state index < -0.39 is 0 Å². The first-order chi connectivity index (χ1) is 7.83. The molecule has 0 bridgehead atoms. The van der Waals surface area contributed by atoms with Gasteiger partial charge in [0, 0.05) is 22.8 Å². The maximum absolute atomic E-state index is 9.27. The van der Waals surface area contributed by atoms with E-state index in [1.807, 2.05) is 11.3 Å². The van der Waals surface area contributed by atoms with Gasteiger partial charge >= 0.3 is 0 Å². The highest BCUT2D eigenvalue weighted by Crippen LogP contribution is 2.20. The van der Waals surface area contributed by atoms with E-state index in [4.69, 9.17) is 4.74 Å². The summed E-state index contributed by atoms with van der Waals surface area (Å²) in [6, 6.07) is 4.57. The predicted molar refractivity (Wildman–Crippen MR) is 65.8 cm³/mol. The van der Waals surface area contributed by atoms with E-state index in [0.717, 1.165) is 26.1 Å². The fraction of sp³-hybridized carbons (Fsp3) is 0.667. The zero-order valence-electron chi connectivity index (χ0n) is 9.69. The van der Waals surface area contributed by atoms with Crippen LogP contribution >= 0.6 is 11.3 Å². The summed E-state index contributed by atoms with van der Waals surface area (Å²) < 4.78 is 5.37. The van der Waals surface area contributed by atoms with Crippen molar-refractivity contribution in [3.8, 4) is 0 Å². The van der Waals surface area contributed by atoms with E-state index in [2.05, 4.69) is 24.0 Å². The zero-order chi connectivity index (χ0) is 11.4. The summed E-state index contributed by atoms with van der Waals surface area (Å²) in [5.41, 5.74) is 0. The third-order valence-electron chi connectivity index (χ3n) is 2.98. The Balaban J connectivity index is 1.96. The molecule has 4 heteroatoms. The molecule has 0 aromatic carbocycles. The van der Waals surface area contributed by atoms with Crippen LogP contribution in [0.2, 0.25) is 0 Å². The number of aryl methyl sites for hydroxylation is 1. The quantitative estimate of drug-likeness (QED) is 0.867. The van der Waals surface area contributed by atoms with Crippen LogP contribution in [-0.2, 0) is 17.7 Å². The van der Waals surface area contributed by atoms with Crippen molar-refractivity contribution < 1.29 is 9.84 Å². The van der Waals surface area contributed by atoms with E-state index in [0.29, 0.717) is 6.61 Å². The lowest BCUT2D eigenvalue weighted by molar-refractivity contribution is -0.0308. The second kappa shape index (κ2) is 5.77. The Morgan fingerprint density at radius 3 is 3.00 bits per heavy atom. The molecular formula is C12H19NO2S. The molecule has 1 aliphatic rings. The highest BCUT2D eigenvalue weighted by molar-refractivity contribution is 7.11. The first-order valence-corrected chi connectivity index (χ1v) is 6.65. The predicted octanol–water partition coefficient (Wildman–Crippen LogP) is 1.50. The van der Waals surface area contributed by atoms with Gasteiger partial charge in [-0.3, -0.25) is 4.90 Å². The summed E-state index contributed by atoms with van der Waals surface area (Å²) in [6.07, 6.45) is 1.11. The molecule has 0 aliphatic carbocycles. The molecule has 0 amide bonds. The molecule has 1 unspecified atom stereocenters. The number of thiophene rings is 1. The molecule has 16 heavy (non-hydrogen) atoms. The van der Waals surface area contributed by atoms with Gasteiger partial charge in [-0.05, 0) is 18.6 Å². The zero-order valence-corrected chi connectivity index (χ0v) is 10.5. The molecular weight excluding hydrogens is 222 g/mol. The Bertz CT molecular complexity index is 327. The van der Waals surface area contributed by atoms with Crippen molar-refractivity contribution in [1.82, 2.24) is 4.90 Å². The van der Waals surface area contributed by atoms with Crippen LogP contribution < -0.4 is 0 Å². The summed E-state index contributed by atoms with van der Waals surface area (Å²) in [7, 11) is 0. The fourth-order valence-electron chi connectivity index (χ4n) is 1.96. The van der Waals surface area contributed by atoms with Crippen LogP contribution in [0.4, 0.5) is 0 Å². The first kappa shape index (κ1) is 12.0. The maximum Gasteiger partial charge on any atom is 0.0645 e. The lowest BCUT2D eigenvalue weighted by Crippen LogP contribution is -2.46. The minimum Gasteiger partial charge on any atom is -0.395 e. The number of hydrogen-bond acceptors (Lipinski definition) is 4. The van der Waals surface area contributed by atoms with E-state index in [1.54, 1.807) is 0 Å². The number of morpholine rings is 1. The molecule has 1 saturated heterocycles. The van der Waals surface area contributed by atoms with Crippen LogP contribution in [0.25, 0.3) is 0 Å². The van der Waals surface area contributed by atoms with Crippen molar-refractivity contribution in [2.45, 2.75) is 25.9 Å². The largest absolute Gasteiger partial charge is 0.395 e. The monoisotopic (exact) mass is 241 g/mol. The maximum atomic E-state index is 9.27. The van der Waals surface area contributed by atoms with Gasteiger partial charge in [0.05, 0.1) is 25.9 Å². The average Bonchev–Trinajstić information content (AvgIpc) is 2.77. The molecule has 0 spiro atoms. The molecule has 2 heterocycles. The van der Waals surface area contributed by atoms with Crippen molar-refractivity contribution in [3.05, 3.63) is 21.9 Å². The minimum absolute atomic E-state index is 0.168. The van der Waals surface area contributed by atoms with Crippen LogP contribution in [0.5, 0.6) is 0 Å². The molecule has 2 rings (SSSR count). The summed E-state index contributed by atoms with van der Waals surface area (Å²) in [5.74, 6) is 0. The SMILES string of the molecule is CCc1ccc(CN2CCOCC2CO)s1. The number of aliphatic hydroxyl groups excluding tert-OH is 1. The second-order valence-corrected chi connectivity index (χ2v) is 5.36. The van der Waals surface area contributed by atoms with Gasteiger partial charge in [-0.25, -0.2) is 0 Å². The highest BCUT2D eigenvalue weighted by atomic mass is 32.1. The van der Waals surface area contributed by atoms with E-state index >= 15 is 0 Å². The fourth-order valence-corrected chi connectivity index (χ4v) is 2.95. The summed E-state index contributed by atoms with van der Waals surface area (Å²) in [5, 5.41) is 9.27. The van der Waals surface area contributed by atoms with Crippen LogP contribution in [0, 0.1) is 0 Å². The number of nitrogens with zero attached hydrogens (tertiary/aromatic N) is 1. The lowest BCUT2D eigenvalue weighted by atomic mass is 10.2. The first-order valence-electron chi connectivity index (χ1n) is 5.83. The number of ether oxygens (including phenoxy) is 1. The Labute approximate surface area is 101 Å². The summed E-state index contributed by atoms with van der Waals surface area (Å²) >= 11 is 1.87. The molecule has 1 N–H and O–H groups in total. The third-order valence-corrected chi connectivity index (χ3v) is 4.20. The van der Waals surface area contributed by atoms with Crippen LogP contribution in [0.1, 0.15) is 16.7 Å². The van der Waals surface area contributed by atoms with Crippen molar-refractivity contribution >= 4 is 11.3 Å². The standard InChI is InChI=1S/C12H19NO2S/c1-2-11-3-4-12(16-11)7-13-5-6-15-9-10(13)8-14/h3-4,10,14H,2,5-9H2,1H3. The lowest BCUT2D eigenvalue weighted by Gasteiger charge is -2.33. The molecule has 0 saturated carbocycles. The summed E-state index contributed by atoms with van der Waals surface area (Å²) in [6.45, 7) is 5.67. The van der Waals surface area contributed by atoms with Crippen LogP contribution in [-0.4, -0.2) is 42.4 Å². The van der Waals surface area contributed by atoms with Gasteiger partial charge in [0.15, 0.2) is 0 Å². The summed E-state index contributed by atoms with van der Waals surface area (Å²) in [4.78, 5) is 5.13. The average molecular weight is 241 g/mol. The minimum atomic E-state index is 0.168. The van der Waals surface area contributed by atoms with Crippen LogP contribution in [0.15, 0.2) is 12.1 Å². The van der Waals surface area contributed by atoms with E-state index in [9.17, 15) is 5.11 Å². The smallest absolute Gasteiger partial charge is 0.0645 e. The molecule has 1 aromatic rings. The molecule has 3 nitrogen and oxygen atoms in total. The molecule has 1 fully saturated rings. The Morgan fingerprint density at radius 2 is 2.31 bits per heavy atom. The van der Waals surface area contributed by atoms with Crippen molar-refractivity contribution in [2.24, 2.45) is 0 Å². The molecule has 90 valence electrons. The van der Waals surface area contributed by atoms with Crippen molar-refractivity contribution in [1.29, 1.82) is 0 Å². The molecule has 1 aliphatic heterocycles. The Hall–Kier alpha value is -0.420. The van der Waals surface area contributed by atoms with Gasteiger partial charge in [0.1, 0.15) is 0 Å². The van der Waals surface area contributed by atoms with E-state index in [1.165, 1.54) is 9.75 Å². The van der Waals surface area contributed by atoms with Gasteiger partial charge in [0.25, 0.3) is 0 Å². The molecule has 0 radical (unpaired) electrons.